The van der Waals surface area contributed by atoms with Gasteiger partial charge in [-0.2, -0.15) is 0 Å². The quantitative estimate of drug-likeness (QED) is 0.509. The molecule has 3 N–H and O–H groups in total. The van der Waals surface area contributed by atoms with E-state index in [9.17, 15) is 0 Å². The maximum absolute atomic E-state index is 5.83. The van der Waals surface area contributed by atoms with Gasteiger partial charge in [-0.3, -0.25) is 0 Å². The SMILES string of the molecule is CC1CC(N=C(N)NC(C)(C)C)CCO1. The fourth-order valence-electron chi connectivity index (χ4n) is 1.70. The summed E-state index contributed by atoms with van der Waals surface area (Å²) in [5.41, 5.74) is 5.81. The molecule has 0 aromatic rings. The van der Waals surface area contributed by atoms with Crippen LogP contribution in [0.4, 0.5) is 0 Å². The van der Waals surface area contributed by atoms with E-state index in [-0.39, 0.29) is 5.54 Å². The van der Waals surface area contributed by atoms with Gasteiger partial charge in [-0.05, 0) is 40.5 Å². The molecule has 2 unspecified atom stereocenters. The first-order valence-electron chi connectivity index (χ1n) is 5.60. The molecule has 0 aromatic heterocycles. The van der Waals surface area contributed by atoms with E-state index in [1.807, 2.05) is 0 Å². The summed E-state index contributed by atoms with van der Waals surface area (Å²) < 4.78 is 5.46. The Morgan fingerprint density at radius 2 is 2.13 bits per heavy atom. The van der Waals surface area contributed by atoms with Crippen LogP contribution in [0.3, 0.4) is 0 Å². The molecule has 15 heavy (non-hydrogen) atoms. The summed E-state index contributed by atoms with van der Waals surface area (Å²) in [6.45, 7) is 9.08. The molecule has 4 nitrogen and oxygen atoms in total. The predicted molar refractivity (Wildman–Crippen MR) is 62.9 cm³/mol. The van der Waals surface area contributed by atoms with Gasteiger partial charge in [0.15, 0.2) is 5.96 Å². The zero-order chi connectivity index (χ0) is 11.5. The first-order valence-corrected chi connectivity index (χ1v) is 5.60. The van der Waals surface area contributed by atoms with Crippen LogP contribution in [-0.4, -0.2) is 30.3 Å². The maximum Gasteiger partial charge on any atom is 0.189 e. The van der Waals surface area contributed by atoms with E-state index >= 15 is 0 Å². The number of nitrogens with one attached hydrogen (secondary N) is 1. The van der Waals surface area contributed by atoms with Crippen molar-refractivity contribution in [2.24, 2.45) is 10.7 Å². The molecule has 0 amide bonds. The number of rotatable bonds is 1. The number of aliphatic imine (C=N–C) groups is 1. The van der Waals surface area contributed by atoms with Crippen LogP contribution < -0.4 is 11.1 Å². The molecule has 0 radical (unpaired) electrons. The van der Waals surface area contributed by atoms with E-state index in [1.54, 1.807) is 0 Å². The number of nitrogens with zero attached hydrogens (tertiary/aromatic N) is 1. The van der Waals surface area contributed by atoms with Crippen LogP contribution >= 0.6 is 0 Å². The Labute approximate surface area is 92.3 Å². The standard InChI is InChI=1S/C11H23N3O/c1-8-7-9(5-6-15-8)13-10(12)14-11(2,3)4/h8-9H,5-7H2,1-4H3,(H3,12,13,14). The van der Waals surface area contributed by atoms with Crippen LogP contribution in [0.15, 0.2) is 4.99 Å². The van der Waals surface area contributed by atoms with Gasteiger partial charge in [-0.15, -0.1) is 0 Å². The number of ether oxygens (including phenoxy) is 1. The third kappa shape index (κ3) is 5.02. The zero-order valence-electron chi connectivity index (χ0n) is 10.2. The van der Waals surface area contributed by atoms with Crippen LogP contribution in [-0.2, 0) is 4.74 Å². The molecule has 4 heteroatoms. The summed E-state index contributed by atoms with van der Waals surface area (Å²) in [6.07, 6.45) is 2.23. The number of hydrogen-bond acceptors (Lipinski definition) is 2. The fraction of sp³-hybridized carbons (Fsp3) is 0.909. The van der Waals surface area contributed by atoms with E-state index < -0.39 is 0 Å². The van der Waals surface area contributed by atoms with Crippen molar-refractivity contribution in [3.8, 4) is 0 Å². The van der Waals surface area contributed by atoms with E-state index in [0.717, 1.165) is 19.4 Å². The number of nitrogens with two attached hydrogens (primary N) is 1. The monoisotopic (exact) mass is 213 g/mol. The smallest absolute Gasteiger partial charge is 0.189 e. The summed E-state index contributed by atoms with van der Waals surface area (Å²) >= 11 is 0. The van der Waals surface area contributed by atoms with Gasteiger partial charge in [0, 0.05) is 12.1 Å². The second-order valence-corrected chi connectivity index (χ2v) is 5.25. The van der Waals surface area contributed by atoms with Gasteiger partial charge in [0.05, 0.1) is 12.1 Å². The lowest BCUT2D eigenvalue weighted by Crippen LogP contribution is -2.45. The Morgan fingerprint density at radius 1 is 1.47 bits per heavy atom. The minimum Gasteiger partial charge on any atom is -0.378 e. The molecule has 1 saturated heterocycles. The lowest BCUT2D eigenvalue weighted by Gasteiger charge is -2.26. The molecule has 0 spiro atoms. The Hall–Kier alpha value is -0.770. The average Bonchev–Trinajstić information content (AvgIpc) is 1.99. The van der Waals surface area contributed by atoms with Crippen LogP contribution in [0.2, 0.25) is 0 Å². The highest BCUT2D eigenvalue weighted by Crippen LogP contribution is 2.16. The lowest BCUT2D eigenvalue weighted by molar-refractivity contribution is 0.0203. The van der Waals surface area contributed by atoms with Crippen molar-refractivity contribution >= 4 is 5.96 Å². The molecule has 1 fully saturated rings. The van der Waals surface area contributed by atoms with Crippen molar-refractivity contribution in [3.05, 3.63) is 0 Å². The molecule has 1 heterocycles. The maximum atomic E-state index is 5.83. The minimum atomic E-state index is -0.0234. The van der Waals surface area contributed by atoms with Crippen LogP contribution in [0.1, 0.15) is 40.5 Å². The van der Waals surface area contributed by atoms with E-state index in [1.165, 1.54) is 0 Å². The molecular weight excluding hydrogens is 190 g/mol. The van der Waals surface area contributed by atoms with Gasteiger partial charge in [0.25, 0.3) is 0 Å². The summed E-state index contributed by atoms with van der Waals surface area (Å²) in [4.78, 5) is 4.48. The number of hydrogen-bond donors (Lipinski definition) is 2. The van der Waals surface area contributed by atoms with Gasteiger partial charge >= 0.3 is 0 Å². The highest BCUT2D eigenvalue weighted by molar-refractivity contribution is 5.78. The molecular formula is C11H23N3O. The summed E-state index contributed by atoms with van der Waals surface area (Å²) in [6, 6.07) is 0.309. The molecule has 0 bridgehead atoms. The highest BCUT2D eigenvalue weighted by atomic mass is 16.5. The fourth-order valence-corrected chi connectivity index (χ4v) is 1.70. The summed E-state index contributed by atoms with van der Waals surface area (Å²) in [5, 5.41) is 3.17. The molecule has 88 valence electrons. The second kappa shape index (κ2) is 4.84. The topological polar surface area (TPSA) is 59.6 Å². The molecule has 1 aliphatic heterocycles. The van der Waals surface area contributed by atoms with Crippen LogP contribution in [0, 0.1) is 0 Å². The van der Waals surface area contributed by atoms with Crippen molar-refractivity contribution in [1.29, 1.82) is 0 Å². The molecule has 0 aliphatic carbocycles. The Balaban J connectivity index is 2.47. The summed E-state index contributed by atoms with van der Waals surface area (Å²) in [5.74, 6) is 0.543. The van der Waals surface area contributed by atoms with Crippen molar-refractivity contribution in [2.75, 3.05) is 6.61 Å². The number of guanidine groups is 1. The van der Waals surface area contributed by atoms with Gasteiger partial charge in [0.1, 0.15) is 0 Å². The predicted octanol–water partition coefficient (Wildman–Crippen LogP) is 1.26. The zero-order valence-corrected chi connectivity index (χ0v) is 10.2. The van der Waals surface area contributed by atoms with Crippen LogP contribution in [0.5, 0.6) is 0 Å². The highest BCUT2D eigenvalue weighted by Gasteiger charge is 2.19. The van der Waals surface area contributed by atoms with Crippen molar-refractivity contribution in [2.45, 2.75) is 58.2 Å². The molecule has 1 rings (SSSR count). The first kappa shape index (κ1) is 12.3. The minimum absolute atomic E-state index is 0.0234. The Morgan fingerprint density at radius 3 is 2.67 bits per heavy atom. The van der Waals surface area contributed by atoms with Crippen molar-refractivity contribution in [3.63, 3.8) is 0 Å². The lowest BCUT2D eigenvalue weighted by atomic mass is 10.1. The van der Waals surface area contributed by atoms with Crippen molar-refractivity contribution in [1.82, 2.24) is 5.32 Å². The molecule has 0 aromatic carbocycles. The van der Waals surface area contributed by atoms with E-state index in [4.69, 9.17) is 10.5 Å². The van der Waals surface area contributed by atoms with Crippen molar-refractivity contribution < 1.29 is 4.74 Å². The van der Waals surface area contributed by atoms with E-state index in [0.29, 0.717) is 18.1 Å². The summed E-state index contributed by atoms with van der Waals surface area (Å²) in [7, 11) is 0. The largest absolute Gasteiger partial charge is 0.378 e. The third-order valence-electron chi connectivity index (χ3n) is 2.28. The third-order valence-corrected chi connectivity index (χ3v) is 2.28. The average molecular weight is 213 g/mol. The van der Waals surface area contributed by atoms with E-state index in [2.05, 4.69) is 38.0 Å². The molecule has 0 saturated carbocycles. The van der Waals surface area contributed by atoms with Gasteiger partial charge in [0.2, 0.25) is 0 Å². The molecule has 2 atom stereocenters. The van der Waals surface area contributed by atoms with Gasteiger partial charge in [-0.1, -0.05) is 0 Å². The van der Waals surface area contributed by atoms with Gasteiger partial charge in [-0.25, -0.2) is 4.99 Å². The normalized spacial score (nSPS) is 28.9. The first-order chi connectivity index (χ1) is 6.87. The van der Waals surface area contributed by atoms with Crippen LogP contribution in [0.25, 0.3) is 0 Å². The molecule has 1 aliphatic rings. The Bertz CT molecular complexity index is 232. The second-order valence-electron chi connectivity index (χ2n) is 5.25. The van der Waals surface area contributed by atoms with Gasteiger partial charge < -0.3 is 15.8 Å². The Kier molecular flexibility index (Phi) is 3.97.